The average Bonchev–Trinajstić information content (AvgIpc) is 2.52. The van der Waals surface area contributed by atoms with Crippen LogP contribution >= 0.6 is 0 Å². The minimum Gasteiger partial charge on any atom is -0.496 e. The summed E-state index contributed by atoms with van der Waals surface area (Å²) in [7, 11) is 5.76. The number of likely N-dealkylation sites (tertiary alicyclic amines) is 1. The number of amides is 2. The molecule has 0 aliphatic carbocycles. The lowest BCUT2D eigenvalue weighted by Gasteiger charge is -2.37. The molecule has 1 saturated heterocycles. The molecule has 0 saturated carbocycles. The van der Waals surface area contributed by atoms with Crippen LogP contribution in [0.1, 0.15) is 24.8 Å². The number of urea groups is 1. The Labute approximate surface area is 133 Å². The first kappa shape index (κ1) is 16.6. The maximum atomic E-state index is 12.5. The van der Waals surface area contributed by atoms with Gasteiger partial charge < -0.3 is 19.9 Å². The molecule has 2 rings (SSSR count). The van der Waals surface area contributed by atoms with E-state index in [1.165, 1.54) is 6.42 Å². The molecule has 122 valence electrons. The van der Waals surface area contributed by atoms with Gasteiger partial charge >= 0.3 is 6.03 Å². The van der Waals surface area contributed by atoms with Crippen LogP contribution in [0.4, 0.5) is 4.79 Å². The molecule has 1 aromatic carbocycles. The summed E-state index contributed by atoms with van der Waals surface area (Å²) in [6.07, 6.45) is 3.38. The molecule has 1 heterocycles. The van der Waals surface area contributed by atoms with Gasteiger partial charge in [0, 0.05) is 31.2 Å². The first-order valence-electron chi connectivity index (χ1n) is 7.93. The molecular formula is C17H27N3O2. The number of methoxy groups -OCH3 is 1. The van der Waals surface area contributed by atoms with E-state index in [0.29, 0.717) is 12.6 Å². The van der Waals surface area contributed by atoms with Gasteiger partial charge in [0.25, 0.3) is 0 Å². The molecule has 1 fully saturated rings. The second-order valence-corrected chi connectivity index (χ2v) is 6.08. The summed E-state index contributed by atoms with van der Waals surface area (Å²) in [5.41, 5.74) is 1.000. The minimum atomic E-state index is 0.0254. The Morgan fingerprint density at radius 2 is 2.14 bits per heavy atom. The molecule has 5 nitrogen and oxygen atoms in total. The van der Waals surface area contributed by atoms with E-state index < -0.39 is 0 Å². The van der Waals surface area contributed by atoms with E-state index in [9.17, 15) is 4.79 Å². The Morgan fingerprint density at radius 3 is 2.86 bits per heavy atom. The molecule has 1 atom stereocenters. The quantitative estimate of drug-likeness (QED) is 0.908. The lowest BCUT2D eigenvalue weighted by atomic mass is 10.0. The van der Waals surface area contributed by atoms with Crippen LogP contribution in [0, 0.1) is 0 Å². The molecule has 0 bridgehead atoms. The highest BCUT2D eigenvalue weighted by Gasteiger charge is 2.26. The summed E-state index contributed by atoms with van der Waals surface area (Å²) < 4.78 is 5.33. The second-order valence-electron chi connectivity index (χ2n) is 6.08. The van der Waals surface area contributed by atoms with Gasteiger partial charge in [0.2, 0.25) is 0 Å². The topological polar surface area (TPSA) is 44.8 Å². The third-order valence-electron chi connectivity index (χ3n) is 4.09. The van der Waals surface area contributed by atoms with Crippen molar-refractivity contribution >= 4 is 6.03 Å². The standard InChI is InChI=1S/C17H27N3O2/c1-19(2)13-15-9-6-7-11-20(15)17(21)18-12-14-8-4-5-10-16(14)22-3/h4-5,8,10,15H,6-7,9,11-13H2,1-3H3,(H,18,21). The Hall–Kier alpha value is -1.75. The molecule has 1 unspecified atom stereocenters. The maximum Gasteiger partial charge on any atom is 0.317 e. The van der Waals surface area contributed by atoms with Crippen molar-refractivity contribution in [3.05, 3.63) is 29.8 Å². The predicted octanol–water partition coefficient (Wildman–Crippen LogP) is 2.32. The maximum absolute atomic E-state index is 12.5. The van der Waals surface area contributed by atoms with Crippen molar-refractivity contribution in [3.8, 4) is 5.75 Å². The molecule has 5 heteroatoms. The lowest BCUT2D eigenvalue weighted by molar-refractivity contribution is 0.133. The number of likely N-dealkylation sites (N-methyl/N-ethyl adjacent to an activating group) is 1. The molecule has 0 radical (unpaired) electrons. The summed E-state index contributed by atoms with van der Waals surface area (Å²) >= 11 is 0. The third-order valence-corrected chi connectivity index (χ3v) is 4.09. The Morgan fingerprint density at radius 1 is 1.36 bits per heavy atom. The highest BCUT2D eigenvalue weighted by molar-refractivity contribution is 5.74. The van der Waals surface area contributed by atoms with Gasteiger partial charge in [-0.15, -0.1) is 0 Å². The normalized spacial score (nSPS) is 18.4. The van der Waals surface area contributed by atoms with Crippen molar-refractivity contribution in [2.45, 2.75) is 31.8 Å². The van der Waals surface area contributed by atoms with Crippen molar-refractivity contribution in [1.29, 1.82) is 0 Å². The van der Waals surface area contributed by atoms with E-state index in [0.717, 1.165) is 37.2 Å². The fraction of sp³-hybridized carbons (Fsp3) is 0.588. The van der Waals surface area contributed by atoms with Crippen molar-refractivity contribution in [3.63, 3.8) is 0 Å². The summed E-state index contributed by atoms with van der Waals surface area (Å²) in [4.78, 5) is 16.7. The monoisotopic (exact) mass is 305 g/mol. The Balaban J connectivity index is 1.95. The van der Waals surface area contributed by atoms with Gasteiger partial charge in [-0.05, 0) is 39.4 Å². The zero-order chi connectivity index (χ0) is 15.9. The summed E-state index contributed by atoms with van der Waals surface area (Å²) in [5.74, 6) is 0.811. The second kappa shape index (κ2) is 8.03. The minimum absolute atomic E-state index is 0.0254. The van der Waals surface area contributed by atoms with Crippen LogP contribution in [-0.2, 0) is 6.54 Å². The summed E-state index contributed by atoms with van der Waals surface area (Å²) in [6, 6.07) is 8.12. The predicted molar refractivity (Wildman–Crippen MR) is 88.1 cm³/mol. The number of piperidine rings is 1. The number of carbonyl (C=O) groups excluding carboxylic acids is 1. The van der Waals surface area contributed by atoms with E-state index in [2.05, 4.69) is 24.3 Å². The van der Waals surface area contributed by atoms with Gasteiger partial charge in [-0.3, -0.25) is 0 Å². The molecule has 0 spiro atoms. The Kier molecular flexibility index (Phi) is 6.07. The van der Waals surface area contributed by atoms with Crippen LogP contribution in [0.25, 0.3) is 0 Å². The van der Waals surface area contributed by atoms with Crippen LogP contribution in [0.2, 0.25) is 0 Å². The number of nitrogens with one attached hydrogen (secondary N) is 1. The van der Waals surface area contributed by atoms with Crippen molar-refractivity contribution in [1.82, 2.24) is 15.1 Å². The number of para-hydroxylation sites is 1. The Bertz CT molecular complexity index is 491. The average molecular weight is 305 g/mol. The molecule has 1 aliphatic heterocycles. The van der Waals surface area contributed by atoms with E-state index in [-0.39, 0.29) is 6.03 Å². The van der Waals surface area contributed by atoms with Crippen molar-refractivity contribution in [2.75, 3.05) is 34.3 Å². The van der Waals surface area contributed by atoms with Crippen LogP contribution in [0.5, 0.6) is 5.75 Å². The summed E-state index contributed by atoms with van der Waals surface area (Å²) in [6.45, 7) is 2.26. The smallest absolute Gasteiger partial charge is 0.317 e. The van der Waals surface area contributed by atoms with Crippen LogP contribution in [0.15, 0.2) is 24.3 Å². The number of ether oxygens (including phenoxy) is 1. The van der Waals surface area contributed by atoms with Gasteiger partial charge in [-0.2, -0.15) is 0 Å². The van der Waals surface area contributed by atoms with Crippen LogP contribution < -0.4 is 10.1 Å². The third kappa shape index (κ3) is 4.37. The first-order valence-corrected chi connectivity index (χ1v) is 7.93. The molecular weight excluding hydrogens is 278 g/mol. The van der Waals surface area contributed by atoms with E-state index in [4.69, 9.17) is 4.74 Å². The molecule has 1 aliphatic rings. The molecule has 1 aromatic rings. The number of rotatable bonds is 5. The van der Waals surface area contributed by atoms with Gasteiger partial charge in [-0.1, -0.05) is 18.2 Å². The zero-order valence-electron chi connectivity index (χ0n) is 13.8. The SMILES string of the molecule is COc1ccccc1CNC(=O)N1CCCCC1CN(C)C. The molecule has 0 aromatic heterocycles. The number of benzene rings is 1. The zero-order valence-corrected chi connectivity index (χ0v) is 13.8. The highest BCUT2D eigenvalue weighted by atomic mass is 16.5. The largest absolute Gasteiger partial charge is 0.496 e. The highest BCUT2D eigenvalue weighted by Crippen LogP contribution is 2.19. The lowest BCUT2D eigenvalue weighted by Crippen LogP contribution is -2.51. The van der Waals surface area contributed by atoms with E-state index in [1.807, 2.05) is 29.2 Å². The van der Waals surface area contributed by atoms with E-state index in [1.54, 1.807) is 7.11 Å². The van der Waals surface area contributed by atoms with Crippen molar-refractivity contribution < 1.29 is 9.53 Å². The fourth-order valence-corrected chi connectivity index (χ4v) is 3.00. The summed E-state index contributed by atoms with van der Waals surface area (Å²) in [5, 5.41) is 3.04. The van der Waals surface area contributed by atoms with E-state index >= 15 is 0 Å². The first-order chi connectivity index (χ1) is 10.6. The van der Waals surface area contributed by atoms with Crippen LogP contribution in [0.3, 0.4) is 0 Å². The number of hydrogen-bond acceptors (Lipinski definition) is 3. The van der Waals surface area contributed by atoms with Gasteiger partial charge in [0.15, 0.2) is 0 Å². The number of hydrogen-bond donors (Lipinski definition) is 1. The van der Waals surface area contributed by atoms with Gasteiger partial charge in [0.1, 0.15) is 5.75 Å². The fourth-order valence-electron chi connectivity index (χ4n) is 3.00. The number of nitrogens with zero attached hydrogens (tertiary/aromatic N) is 2. The van der Waals surface area contributed by atoms with Crippen LogP contribution in [-0.4, -0.2) is 56.2 Å². The molecule has 1 N–H and O–H groups in total. The van der Waals surface area contributed by atoms with Gasteiger partial charge in [-0.25, -0.2) is 4.79 Å². The van der Waals surface area contributed by atoms with Gasteiger partial charge in [0.05, 0.1) is 7.11 Å². The molecule has 22 heavy (non-hydrogen) atoms. The van der Waals surface area contributed by atoms with Crippen molar-refractivity contribution in [2.24, 2.45) is 0 Å². The number of carbonyl (C=O) groups is 1. The molecule has 2 amide bonds.